The Morgan fingerprint density at radius 2 is 1.76 bits per heavy atom. The highest BCUT2D eigenvalue weighted by molar-refractivity contribution is 5.90. The minimum absolute atomic E-state index is 0.258. The molecule has 0 saturated carbocycles. The maximum Gasteiger partial charge on any atom is 0.338 e. The van der Waals surface area contributed by atoms with Gasteiger partial charge in [-0.05, 0) is 23.8 Å². The molecule has 0 spiro atoms. The quantitative estimate of drug-likeness (QED) is 0.812. The lowest BCUT2D eigenvalue weighted by atomic mass is 10.2. The first kappa shape index (κ1) is 13.5. The van der Waals surface area contributed by atoms with Crippen molar-refractivity contribution in [2.75, 3.05) is 13.2 Å². The molecule has 0 bridgehead atoms. The van der Waals surface area contributed by atoms with Crippen molar-refractivity contribution < 1.29 is 19.0 Å². The van der Waals surface area contributed by atoms with Crippen LogP contribution < -0.4 is 9.47 Å². The van der Waals surface area contributed by atoms with E-state index in [2.05, 4.69) is 0 Å². The van der Waals surface area contributed by atoms with E-state index in [4.69, 9.17) is 14.2 Å². The van der Waals surface area contributed by atoms with Crippen molar-refractivity contribution in [3.8, 4) is 11.5 Å². The van der Waals surface area contributed by atoms with Crippen molar-refractivity contribution in [3.05, 3.63) is 59.7 Å². The second-order valence-electron chi connectivity index (χ2n) is 4.77. The van der Waals surface area contributed by atoms with Crippen molar-refractivity contribution >= 4 is 5.97 Å². The Kier molecular flexibility index (Phi) is 4.05. The van der Waals surface area contributed by atoms with E-state index in [0.717, 1.165) is 12.0 Å². The van der Waals surface area contributed by atoms with Crippen molar-refractivity contribution in [1.29, 1.82) is 0 Å². The topological polar surface area (TPSA) is 44.8 Å². The summed E-state index contributed by atoms with van der Waals surface area (Å²) in [7, 11) is 0. The molecule has 0 N–H and O–H groups in total. The molecular weight excluding hydrogens is 268 g/mol. The van der Waals surface area contributed by atoms with Gasteiger partial charge in [0.1, 0.15) is 6.61 Å². The zero-order valence-electron chi connectivity index (χ0n) is 11.6. The van der Waals surface area contributed by atoms with Crippen LogP contribution in [0.4, 0.5) is 0 Å². The summed E-state index contributed by atoms with van der Waals surface area (Å²) in [6.45, 7) is 1.48. The molecule has 0 fully saturated rings. The zero-order valence-corrected chi connectivity index (χ0v) is 11.6. The summed E-state index contributed by atoms with van der Waals surface area (Å²) in [4.78, 5) is 12.1. The van der Waals surface area contributed by atoms with E-state index in [-0.39, 0.29) is 12.6 Å². The van der Waals surface area contributed by atoms with E-state index in [0.29, 0.717) is 30.3 Å². The third-order valence-electron chi connectivity index (χ3n) is 3.20. The first-order valence-corrected chi connectivity index (χ1v) is 6.93. The molecule has 4 heteroatoms. The van der Waals surface area contributed by atoms with Crippen LogP contribution in [-0.2, 0) is 11.3 Å². The van der Waals surface area contributed by atoms with Crippen LogP contribution in [0.5, 0.6) is 11.5 Å². The van der Waals surface area contributed by atoms with Crippen LogP contribution in [0.25, 0.3) is 0 Å². The number of hydrogen-bond donors (Lipinski definition) is 0. The summed E-state index contributed by atoms with van der Waals surface area (Å²) in [5.74, 6) is 0.906. The molecule has 2 aromatic carbocycles. The average molecular weight is 284 g/mol. The number of benzene rings is 2. The molecule has 0 radical (unpaired) electrons. The highest BCUT2D eigenvalue weighted by atomic mass is 16.5. The molecule has 4 nitrogen and oxygen atoms in total. The lowest BCUT2D eigenvalue weighted by Crippen LogP contribution is -2.05. The van der Waals surface area contributed by atoms with Gasteiger partial charge in [0.25, 0.3) is 0 Å². The molecule has 21 heavy (non-hydrogen) atoms. The summed E-state index contributed by atoms with van der Waals surface area (Å²) >= 11 is 0. The van der Waals surface area contributed by atoms with Crippen LogP contribution in [0.2, 0.25) is 0 Å². The summed E-state index contributed by atoms with van der Waals surface area (Å²) in [6, 6.07) is 14.7. The maximum atomic E-state index is 12.1. The average Bonchev–Trinajstić information content (AvgIpc) is 2.78. The standard InChI is InChI=1S/C17H16O4/c18-17(21-12-13-5-2-1-3-6-13)14-7-8-15-16(11-14)20-10-4-9-19-15/h1-3,5-8,11H,4,9-10,12H2. The van der Waals surface area contributed by atoms with Gasteiger partial charge in [0, 0.05) is 6.42 Å². The molecule has 0 saturated heterocycles. The van der Waals surface area contributed by atoms with Crippen LogP contribution in [0, 0.1) is 0 Å². The highest BCUT2D eigenvalue weighted by Gasteiger charge is 2.15. The van der Waals surface area contributed by atoms with E-state index < -0.39 is 0 Å². The maximum absolute atomic E-state index is 12.1. The number of carbonyl (C=O) groups is 1. The largest absolute Gasteiger partial charge is 0.490 e. The number of fused-ring (bicyclic) bond motifs is 1. The minimum Gasteiger partial charge on any atom is -0.490 e. The number of esters is 1. The van der Waals surface area contributed by atoms with E-state index in [1.165, 1.54) is 0 Å². The van der Waals surface area contributed by atoms with E-state index in [1.807, 2.05) is 30.3 Å². The van der Waals surface area contributed by atoms with E-state index >= 15 is 0 Å². The summed E-state index contributed by atoms with van der Waals surface area (Å²) < 4.78 is 16.4. The molecule has 1 aliphatic rings. The molecule has 0 atom stereocenters. The first-order valence-electron chi connectivity index (χ1n) is 6.93. The number of rotatable bonds is 3. The second kappa shape index (κ2) is 6.31. The van der Waals surface area contributed by atoms with Crippen molar-refractivity contribution in [2.45, 2.75) is 13.0 Å². The minimum atomic E-state index is -0.366. The molecule has 0 unspecified atom stereocenters. The molecule has 108 valence electrons. The fraction of sp³-hybridized carbons (Fsp3) is 0.235. The predicted molar refractivity (Wildman–Crippen MR) is 77.6 cm³/mol. The van der Waals surface area contributed by atoms with Crippen LogP contribution in [0.1, 0.15) is 22.3 Å². The van der Waals surface area contributed by atoms with Crippen molar-refractivity contribution in [3.63, 3.8) is 0 Å². The monoisotopic (exact) mass is 284 g/mol. The Balaban J connectivity index is 1.68. The van der Waals surface area contributed by atoms with Gasteiger partial charge < -0.3 is 14.2 Å². The molecule has 0 aromatic heterocycles. The van der Waals surface area contributed by atoms with Gasteiger partial charge in [-0.3, -0.25) is 0 Å². The van der Waals surface area contributed by atoms with Gasteiger partial charge in [0.2, 0.25) is 0 Å². The highest BCUT2D eigenvalue weighted by Crippen LogP contribution is 2.30. The SMILES string of the molecule is O=C(OCc1ccccc1)c1ccc2c(c1)OCCCO2. The van der Waals surface area contributed by atoms with Gasteiger partial charge in [-0.25, -0.2) is 4.79 Å². The Morgan fingerprint density at radius 1 is 1.00 bits per heavy atom. The lowest BCUT2D eigenvalue weighted by Gasteiger charge is -2.09. The second-order valence-corrected chi connectivity index (χ2v) is 4.77. The van der Waals surface area contributed by atoms with Gasteiger partial charge in [0.15, 0.2) is 11.5 Å². The van der Waals surface area contributed by atoms with Gasteiger partial charge in [0.05, 0.1) is 18.8 Å². The van der Waals surface area contributed by atoms with Gasteiger partial charge >= 0.3 is 5.97 Å². The Labute approximate surface area is 123 Å². The molecule has 1 heterocycles. The predicted octanol–water partition coefficient (Wildman–Crippen LogP) is 3.20. The first-order chi connectivity index (χ1) is 10.3. The third kappa shape index (κ3) is 3.34. The van der Waals surface area contributed by atoms with Crippen LogP contribution >= 0.6 is 0 Å². The number of hydrogen-bond acceptors (Lipinski definition) is 4. The number of ether oxygens (including phenoxy) is 3. The Hall–Kier alpha value is -2.49. The number of carbonyl (C=O) groups excluding carboxylic acids is 1. The van der Waals surface area contributed by atoms with Crippen LogP contribution in [0.15, 0.2) is 48.5 Å². The van der Waals surface area contributed by atoms with Crippen molar-refractivity contribution in [2.24, 2.45) is 0 Å². The Bertz CT molecular complexity index is 622. The van der Waals surface area contributed by atoms with Crippen LogP contribution in [-0.4, -0.2) is 19.2 Å². The summed E-state index contributed by atoms with van der Waals surface area (Å²) in [6.07, 6.45) is 0.836. The van der Waals surface area contributed by atoms with Gasteiger partial charge in [-0.15, -0.1) is 0 Å². The van der Waals surface area contributed by atoms with Gasteiger partial charge in [-0.2, -0.15) is 0 Å². The fourth-order valence-electron chi connectivity index (χ4n) is 2.10. The Morgan fingerprint density at radius 3 is 2.57 bits per heavy atom. The van der Waals surface area contributed by atoms with Crippen LogP contribution in [0.3, 0.4) is 0 Å². The lowest BCUT2D eigenvalue weighted by molar-refractivity contribution is 0.0472. The molecule has 2 aromatic rings. The molecular formula is C17H16O4. The molecule has 1 aliphatic heterocycles. The van der Waals surface area contributed by atoms with Gasteiger partial charge in [-0.1, -0.05) is 30.3 Å². The molecule has 0 aliphatic carbocycles. The summed E-state index contributed by atoms with van der Waals surface area (Å²) in [5, 5.41) is 0. The normalized spacial score (nSPS) is 13.3. The third-order valence-corrected chi connectivity index (χ3v) is 3.20. The zero-order chi connectivity index (χ0) is 14.5. The molecule has 0 amide bonds. The van der Waals surface area contributed by atoms with E-state index in [1.54, 1.807) is 18.2 Å². The van der Waals surface area contributed by atoms with E-state index in [9.17, 15) is 4.79 Å². The smallest absolute Gasteiger partial charge is 0.338 e. The van der Waals surface area contributed by atoms with Crippen molar-refractivity contribution in [1.82, 2.24) is 0 Å². The molecule has 3 rings (SSSR count). The summed E-state index contributed by atoms with van der Waals surface area (Å²) in [5.41, 5.74) is 1.43. The fourth-order valence-corrected chi connectivity index (χ4v) is 2.10.